The summed E-state index contributed by atoms with van der Waals surface area (Å²) in [5.41, 5.74) is 0.561. The molecular weight excluding hydrogens is 431 g/mol. The van der Waals surface area contributed by atoms with Crippen LogP contribution in [-0.4, -0.2) is 36.9 Å². The van der Waals surface area contributed by atoms with Crippen molar-refractivity contribution in [3.63, 3.8) is 0 Å². The first kappa shape index (κ1) is 16.2. The number of aliphatic carboxylic acids is 1. The summed E-state index contributed by atoms with van der Waals surface area (Å²) < 4.78 is 6.38. The molecule has 1 rings (SSSR count). The molecule has 0 aliphatic rings. The Hall–Kier alpha value is -0.870. The predicted molar refractivity (Wildman–Crippen MR) is 82.3 cm³/mol. The van der Waals surface area contributed by atoms with Crippen LogP contribution in [0.5, 0.6) is 0 Å². The van der Waals surface area contributed by atoms with Gasteiger partial charge in [0.05, 0.1) is 12.3 Å². The van der Waals surface area contributed by atoms with Gasteiger partial charge in [0.15, 0.2) is 6.04 Å². The van der Waals surface area contributed by atoms with Gasteiger partial charge in [-0.1, -0.05) is 0 Å². The zero-order valence-corrected chi connectivity index (χ0v) is 13.7. The van der Waals surface area contributed by atoms with Gasteiger partial charge in [-0.25, -0.2) is 9.59 Å². The highest BCUT2D eigenvalue weighted by Crippen LogP contribution is 2.24. The van der Waals surface area contributed by atoms with Gasteiger partial charge in [0.25, 0.3) is 0 Å². The fraction of sp³-hybridized carbons (Fsp3) is 0.273. The second-order valence-corrected chi connectivity index (χ2v) is 5.67. The van der Waals surface area contributed by atoms with E-state index in [4.69, 9.17) is 9.84 Å². The summed E-state index contributed by atoms with van der Waals surface area (Å²) in [5, 5.41) is 13.8. The zero-order valence-electron chi connectivity index (χ0n) is 9.94. The number of methoxy groups -OCH3 is 1. The van der Waals surface area contributed by atoms with E-state index in [0.29, 0.717) is 10.2 Å². The lowest BCUT2D eigenvalue weighted by Gasteiger charge is -2.15. The average molecular weight is 443 g/mol. The molecule has 0 fully saturated rings. The molecule has 1 unspecified atom stereocenters. The molecule has 104 valence electrons. The number of hydrogen-bond acceptors (Lipinski definition) is 3. The van der Waals surface area contributed by atoms with Crippen LogP contribution < -0.4 is 10.6 Å². The van der Waals surface area contributed by atoms with E-state index in [0.717, 1.165) is 3.57 Å². The number of rotatable bonds is 5. The standard InChI is InChI=1S/C11H12BrIN2O4/c1-19-5-9(10(16)17)15-11(18)14-8-4-6(13)2-3-7(8)12/h2-4,9H,5H2,1H3,(H,16,17)(H2,14,15,18). The number of amides is 2. The van der Waals surface area contributed by atoms with Crippen LogP contribution in [0.2, 0.25) is 0 Å². The number of anilines is 1. The topological polar surface area (TPSA) is 87.7 Å². The number of halogens is 2. The van der Waals surface area contributed by atoms with Gasteiger partial charge in [-0.2, -0.15) is 0 Å². The summed E-state index contributed by atoms with van der Waals surface area (Å²) in [7, 11) is 1.37. The lowest BCUT2D eigenvalue weighted by atomic mass is 10.3. The second kappa shape index (κ2) is 7.65. The summed E-state index contributed by atoms with van der Waals surface area (Å²) in [6, 6.07) is 3.73. The molecule has 0 saturated carbocycles. The minimum absolute atomic E-state index is 0.101. The Labute approximate surface area is 132 Å². The van der Waals surface area contributed by atoms with E-state index in [2.05, 4.69) is 49.2 Å². The maximum Gasteiger partial charge on any atom is 0.328 e. The van der Waals surface area contributed by atoms with E-state index in [1.54, 1.807) is 12.1 Å². The number of carboxylic acids is 1. The smallest absolute Gasteiger partial charge is 0.328 e. The molecule has 0 spiro atoms. The van der Waals surface area contributed by atoms with Crippen LogP contribution >= 0.6 is 38.5 Å². The maximum atomic E-state index is 11.7. The van der Waals surface area contributed by atoms with Crippen molar-refractivity contribution in [3.05, 3.63) is 26.2 Å². The molecule has 0 aliphatic carbocycles. The van der Waals surface area contributed by atoms with Crippen molar-refractivity contribution in [2.24, 2.45) is 0 Å². The molecule has 8 heteroatoms. The van der Waals surface area contributed by atoms with Crippen LogP contribution in [-0.2, 0) is 9.53 Å². The van der Waals surface area contributed by atoms with Gasteiger partial charge in [0, 0.05) is 15.2 Å². The van der Waals surface area contributed by atoms with Gasteiger partial charge in [-0.15, -0.1) is 0 Å². The van der Waals surface area contributed by atoms with E-state index in [9.17, 15) is 9.59 Å². The first-order valence-corrected chi connectivity index (χ1v) is 7.05. The highest BCUT2D eigenvalue weighted by molar-refractivity contribution is 14.1. The third-order valence-corrected chi connectivity index (χ3v) is 3.48. The number of nitrogens with one attached hydrogen (secondary N) is 2. The summed E-state index contributed by atoms with van der Waals surface area (Å²) in [4.78, 5) is 22.6. The first-order chi connectivity index (χ1) is 8.93. The predicted octanol–water partition coefficient (Wildman–Crippen LogP) is 2.27. The number of hydrogen-bond donors (Lipinski definition) is 3. The van der Waals surface area contributed by atoms with Gasteiger partial charge >= 0.3 is 12.0 Å². The Kier molecular flexibility index (Phi) is 6.52. The molecule has 0 aromatic heterocycles. The first-order valence-electron chi connectivity index (χ1n) is 5.18. The van der Waals surface area contributed by atoms with Crippen LogP contribution in [0.25, 0.3) is 0 Å². The molecule has 1 aromatic carbocycles. The Balaban J connectivity index is 2.68. The molecule has 1 aromatic rings. The monoisotopic (exact) mass is 442 g/mol. The van der Waals surface area contributed by atoms with Crippen molar-refractivity contribution in [1.82, 2.24) is 5.32 Å². The van der Waals surface area contributed by atoms with E-state index < -0.39 is 18.0 Å². The van der Waals surface area contributed by atoms with E-state index in [1.165, 1.54) is 7.11 Å². The van der Waals surface area contributed by atoms with Crippen LogP contribution in [0, 0.1) is 3.57 Å². The van der Waals surface area contributed by atoms with Crippen molar-refractivity contribution < 1.29 is 19.4 Å². The molecule has 0 aliphatic heterocycles. The Morgan fingerprint density at radius 2 is 2.21 bits per heavy atom. The Morgan fingerprint density at radius 3 is 2.79 bits per heavy atom. The van der Waals surface area contributed by atoms with Crippen molar-refractivity contribution >= 4 is 56.2 Å². The summed E-state index contributed by atoms with van der Waals surface area (Å²) in [6.07, 6.45) is 0. The van der Waals surface area contributed by atoms with Crippen molar-refractivity contribution in [3.8, 4) is 0 Å². The van der Waals surface area contributed by atoms with Crippen LogP contribution in [0.15, 0.2) is 22.7 Å². The summed E-state index contributed by atoms with van der Waals surface area (Å²) in [5.74, 6) is -1.15. The van der Waals surface area contributed by atoms with Crippen molar-refractivity contribution in [2.75, 3.05) is 19.0 Å². The van der Waals surface area contributed by atoms with Gasteiger partial charge in [-0.05, 0) is 56.7 Å². The minimum Gasteiger partial charge on any atom is -0.480 e. The minimum atomic E-state index is -1.15. The largest absolute Gasteiger partial charge is 0.480 e. The Morgan fingerprint density at radius 1 is 1.53 bits per heavy atom. The normalized spacial score (nSPS) is 11.7. The molecule has 3 N–H and O–H groups in total. The summed E-state index contributed by atoms with van der Waals surface area (Å²) >= 11 is 5.41. The van der Waals surface area contributed by atoms with E-state index >= 15 is 0 Å². The van der Waals surface area contributed by atoms with Crippen LogP contribution in [0.4, 0.5) is 10.5 Å². The van der Waals surface area contributed by atoms with Gasteiger partial charge in [0.2, 0.25) is 0 Å². The van der Waals surface area contributed by atoms with E-state index in [1.807, 2.05) is 6.07 Å². The number of urea groups is 1. The SMILES string of the molecule is COCC(NC(=O)Nc1cc(I)ccc1Br)C(=O)O. The third kappa shape index (κ3) is 5.33. The molecule has 6 nitrogen and oxygen atoms in total. The maximum absolute atomic E-state index is 11.7. The van der Waals surface area contributed by atoms with E-state index in [-0.39, 0.29) is 6.61 Å². The van der Waals surface area contributed by atoms with Crippen molar-refractivity contribution in [1.29, 1.82) is 0 Å². The molecule has 0 bridgehead atoms. The molecule has 0 saturated heterocycles. The average Bonchev–Trinajstić information content (AvgIpc) is 2.33. The number of carbonyl (C=O) groups is 2. The Bertz CT molecular complexity index is 484. The lowest BCUT2D eigenvalue weighted by molar-refractivity contribution is -0.140. The highest BCUT2D eigenvalue weighted by atomic mass is 127. The molecule has 19 heavy (non-hydrogen) atoms. The van der Waals surface area contributed by atoms with Crippen LogP contribution in [0.1, 0.15) is 0 Å². The molecule has 0 radical (unpaired) electrons. The summed E-state index contributed by atoms with van der Waals surface area (Å²) in [6.45, 7) is -0.101. The highest BCUT2D eigenvalue weighted by Gasteiger charge is 2.19. The number of carbonyl (C=O) groups excluding carboxylic acids is 1. The van der Waals surface area contributed by atoms with Crippen molar-refractivity contribution in [2.45, 2.75) is 6.04 Å². The molecule has 2 amide bonds. The third-order valence-electron chi connectivity index (χ3n) is 2.11. The number of ether oxygens (including phenoxy) is 1. The van der Waals surface area contributed by atoms with Gasteiger partial charge in [-0.3, -0.25) is 0 Å². The second-order valence-electron chi connectivity index (χ2n) is 3.57. The van der Waals surface area contributed by atoms with Gasteiger partial charge < -0.3 is 20.5 Å². The van der Waals surface area contributed by atoms with Gasteiger partial charge in [0.1, 0.15) is 0 Å². The fourth-order valence-corrected chi connectivity index (χ4v) is 2.09. The number of benzene rings is 1. The number of carboxylic acid groups (broad SMARTS) is 1. The molecule has 1 atom stereocenters. The zero-order chi connectivity index (χ0) is 14.4. The molecule has 0 heterocycles. The van der Waals surface area contributed by atoms with Crippen LogP contribution in [0.3, 0.4) is 0 Å². The molecular formula is C11H12BrIN2O4. The lowest BCUT2D eigenvalue weighted by Crippen LogP contribution is -2.45. The fourth-order valence-electron chi connectivity index (χ4n) is 1.25. The quantitative estimate of drug-likeness (QED) is 0.610.